The zero-order chi connectivity index (χ0) is 24.2. The van der Waals surface area contributed by atoms with Crippen molar-refractivity contribution in [3.05, 3.63) is 44.1 Å². The summed E-state index contributed by atoms with van der Waals surface area (Å²) >= 11 is 0. The average Bonchev–Trinajstić information content (AvgIpc) is 3.40. The number of hydrogen-bond donors (Lipinski definition) is 0. The molecule has 0 saturated carbocycles. The third kappa shape index (κ3) is 3.90. The van der Waals surface area contributed by atoms with Crippen molar-refractivity contribution in [1.29, 1.82) is 0 Å². The maximum absolute atomic E-state index is 13.0. The van der Waals surface area contributed by atoms with Gasteiger partial charge in [-0.15, -0.1) is 0 Å². The van der Waals surface area contributed by atoms with Crippen molar-refractivity contribution in [3.8, 4) is 0 Å². The number of carbonyl (C=O) groups excluding carboxylic acids is 1. The van der Waals surface area contributed by atoms with Crippen molar-refractivity contribution in [2.45, 2.75) is 39.4 Å². The molecule has 33 heavy (non-hydrogen) atoms. The van der Waals surface area contributed by atoms with Gasteiger partial charge in [0.2, 0.25) is 5.91 Å². The van der Waals surface area contributed by atoms with Crippen molar-refractivity contribution in [1.82, 2.24) is 33.4 Å². The van der Waals surface area contributed by atoms with Crippen molar-refractivity contribution >= 4 is 26.9 Å². The molecule has 0 N–H and O–H groups in total. The largest absolute Gasteiger partial charge is 0.340 e. The number of likely N-dealkylation sites (N-methyl/N-ethyl adjacent to an activating group) is 1. The quantitative estimate of drug-likeness (QED) is 0.473. The van der Waals surface area contributed by atoms with E-state index in [1.165, 1.54) is 27.4 Å². The van der Waals surface area contributed by atoms with Gasteiger partial charge in [0.15, 0.2) is 21.0 Å². The molecule has 4 heterocycles. The van der Waals surface area contributed by atoms with Crippen LogP contribution in [0.4, 0.5) is 0 Å². The molecule has 13 heteroatoms. The second-order valence-electron chi connectivity index (χ2n) is 8.66. The monoisotopic (exact) mass is 477 g/mol. The summed E-state index contributed by atoms with van der Waals surface area (Å²) < 4.78 is 29.2. The lowest BCUT2D eigenvalue weighted by atomic mass is 10.1. The van der Waals surface area contributed by atoms with Crippen LogP contribution in [0.25, 0.3) is 11.2 Å². The standard InChI is InChI=1S/C20H27N7O5S/c1-12-15(13(2)27(22-12)14-6-7-33(31,32)10-14)8-23(3)16(28)9-26-19(29)17-18(21-11-24(17)4)25(5)20(26)30/h11,14H,6-10H2,1-5H3/t14-/m0/s1. The molecule has 1 aliphatic heterocycles. The van der Waals surface area contributed by atoms with Gasteiger partial charge in [-0.3, -0.25) is 18.8 Å². The van der Waals surface area contributed by atoms with Crippen molar-refractivity contribution in [2.75, 3.05) is 18.6 Å². The molecule has 3 aromatic rings. The molecule has 0 radical (unpaired) electrons. The van der Waals surface area contributed by atoms with Gasteiger partial charge >= 0.3 is 5.69 Å². The Balaban J connectivity index is 1.58. The number of carbonyl (C=O) groups is 1. The first-order valence-electron chi connectivity index (χ1n) is 10.5. The highest BCUT2D eigenvalue weighted by atomic mass is 32.2. The predicted octanol–water partition coefficient (Wildman–Crippen LogP) is -0.735. The van der Waals surface area contributed by atoms with E-state index in [4.69, 9.17) is 0 Å². The molecule has 0 spiro atoms. The predicted molar refractivity (Wildman–Crippen MR) is 121 cm³/mol. The summed E-state index contributed by atoms with van der Waals surface area (Å²) in [6.07, 6.45) is 1.96. The van der Waals surface area contributed by atoms with Crippen LogP contribution in [0.15, 0.2) is 15.9 Å². The maximum atomic E-state index is 13.0. The summed E-state index contributed by atoms with van der Waals surface area (Å²) in [5.74, 6) is -0.203. The number of sulfone groups is 1. The summed E-state index contributed by atoms with van der Waals surface area (Å²) in [5, 5.41) is 4.53. The number of hydrogen-bond acceptors (Lipinski definition) is 7. The van der Waals surface area contributed by atoms with E-state index in [2.05, 4.69) is 10.1 Å². The van der Waals surface area contributed by atoms with Crippen molar-refractivity contribution in [2.24, 2.45) is 14.1 Å². The minimum atomic E-state index is -3.06. The van der Waals surface area contributed by atoms with Gasteiger partial charge in [-0.25, -0.2) is 22.8 Å². The van der Waals surface area contributed by atoms with Crippen LogP contribution < -0.4 is 11.2 Å². The van der Waals surface area contributed by atoms with Crippen LogP contribution in [-0.2, 0) is 41.8 Å². The molecule has 0 bridgehead atoms. The molecule has 0 aromatic carbocycles. The van der Waals surface area contributed by atoms with E-state index in [-0.39, 0.29) is 35.3 Å². The Labute approximate surface area is 190 Å². The highest BCUT2D eigenvalue weighted by Crippen LogP contribution is 2.27. The number of fused-ring (bicyclic) bond motifs is 1. The molecule has 0 unspecified atom stereocenters. The maximum Gasteiger partial charge on any atom is 0.332 e. The van der Waals surface area contributed by atoms with E-state index in [1.54, 1.807) is 18.8 Å². The second-order valence-corrected chi connectivity index (χ2v) is 10.9. The molecular weight excluding hydrogens is 450 g/mol. The highest BCUT2D eigenvalue weighted by molar-refractivity contribution is 7.91. The topological polar surface area (TPSA) is 134 Å². The zero-order valence-corrected chi connectivity index (χ0v) is 20.1. The van der Waals surface area contributed by atoms with Crippen molar-refractivity contribution in [3.63, 3.8) is 0 Å². The van der Waals surface area contributed by atoms with E-state index in [9.17, 15) is 22.8 Å². The Morgan fingerprint density at radius 3 is 2.58 bits per heavy atom. The lowest BCUT2D eigenvalue weighted by Gasteiger charge is -2.19. The van der Waals surface area contributed by atoms with Crippen LogP contribution >= 0.6 is 0 Å². The minimum absolute atomic E-state index is 0.0614. The van der Waals surface area contributed by atoms with Gasteiger partial charge in [-0.2, -0.15) is 5.10 Å². The number of aromatic nitrogens is 6. The summed E-state index contributed by atoms with van der Waals surface area (Å²) in [5.41, 5.74) is 1.65. The Morgan fingerprint density at radius 1 is 1.24 bits per heavy atom. The normalized spacial score (nSPS) is 17.7. The first-order chi connectivity index (χ1) is 15.4. The molecule has 1 fully saturated rings. The Bertz CT molecular complexity index is 1490. The molecule has 1 aliphatic rings. The number of rotatable bonds is 5. The van der Waals surface area contributed by atoms with E-state index in [0.29, 0.717) is 12.1 Å². The van der Waals surface area contributed by atoms with Crippen LogP contribution in [0.5, 0.6) is 0 Å². The molecule has 1 amide bonds. The fraction of sp³-hybridized carbons (Fsp3) is 0.550. The van der Waals surface area contributed by atoms with E-state index in [0.717, 1.165) is 15.8 Å². The molecule has 178 valence electrons. The number of nitrogens with zero attached hydrogens (tertiary/aromatic N) is 7. The van der Waals surface area contributed by atoms with Crippen LogP contribution in [0, 0.1) is 13.8 Å². The van der Waals surface area contributed by atoms with Gasteiger partial charge < -0.3 is 9.47 Å². The summed E-state index contributed by atoms with van der Waals surface area (Å²) in [6.45, 7) is 3.49. The Kier molecular flexibility index (Phi) is 5.55. The third-order valence-corrected chi connectivity index (χ3v) is 8.09. The van der Waals surface area contributed by atoms with Gasteiger partial charge in [0.25, 0.3) is 5.56 Å². The Morgan fingerprint density at radius 2 is 1.94 bits per heavy atom. The molecule has 4 rings (SSSR count). The highest BCUT2D eigenvalue weighted by Gasteiger charge is 2.31. The van der Waals surface area contributed by atoms with Gasteiger partial charge in [0.1, 0.15) is 6.54 Å². The Hall–Kier alpha value is -3.22. The van der Waals surface area contributed by atoms with E-state index in [1.807, 2.05) is 13.8 Å². The molecule has 1 saturated heterocycles. The molecule has 1 atom stereocenters. The van der Waals surface area contributed by atoms with Gasteiger partial charge in [-0.05, 0) is 20.3 Å². The minimum Gasteiger partial charge on any atom is -0.340 e. The summed E-state index contributed by atoms with van der Waals surface area (Å²) in [6, 6.07) is -0.212. The lowest BCUT2D eigenvalue weighted by Crippen LogP contribution is -2.43. The van der Waals surface area contributed by atoms with Crippen LogP contribution in [0.2, 0.25) is 0 Å². The fourth-order valence-electron chi connectivity index (χ4n) is 4.37. The van der Waals surface area contributed by atoms with Crippen LogP contribution in [0.3, 0.4) is 0 Å². The molecular formula is C20H27N7O5S. The molecule has 3 aromatic heterocycles. The first kappa shape index (κ1) is 23.0. The SMILES string of the molecule is Cc1nn([C@H]2CCS(=O)(=O)C2)c(C)c1CN(C)C(=O)Cn1c(=O)c2c(ncn2C)n(C)c1=O. The number of imidazole rings is 1. The first-order valence-corrected chi connectivity index (χ1v) is 12.3. The van der Waals surface area contributed by atoms with Crippen molar-refractivity contribution < 1.29 is 13.2 Å². The third-order valence-electron chi connectivity index (χ3n) is 6.34. The van der Waals surface area contributed by atoms with Gasteiger partial charge in [-0.1, -0.05) is 0 Å². The fourth-order valence-corrected chi connectivity index (χ4v) is 6.06. The second kappa shape index (κ2) is 7.97. The van der Waals surface area contributed by atoms with E-state index < -0.39 is 33.5 Å². The molecule has 0 aliphatic carbocycles. The van der Waals surface area contributed by atoms with Gasteiger partial charge in [0, 0.05) is 38.9 Å². The number of amides is 1. The molecule has 12 nitrogen and oxygen atoms in total. The lowest BCUT2D eigenvalue weighted by molar-refractivity contribution is -0.131. The van der Waals surface area contributed by atoms with E-state index >= 15 is 0 Å². The van der Waals surface area contributed by atoms with Crippen LogP contribution in [-0.4, -0.2) is 66.2 Å². The summed E-state index contributed by atoms with van der Waals surface area (Å²) in [4.78, 5) is 44.0. The number of aryl methyl sites for hydroxylation is 3. The average molecular weight is 478 g/mol. The zero-order valence-electron chi connectivity index (χ0n) is 19.3. The van der Waals surface area contributed by atoms with Gasteiger partial charge in [0.05, 0.1) is 29.6 Å². The van der Waals surface area contributed by atoms with Crippen LogP contribution in [0.1, 0.15) is 29.4 Å². The summed E-state index contributed by atoms with van der Waals surface area (Å²) in [7, 11) is 1.69. The smallest absolute Gasteiger partial charge is 0.332 e.